The van der Waals surface area contributed by atoms with Crippen molar-refractivity contribution < 1.29 is 17.9 Å². The lowest BCUT2D eigenvalue weighted by molar-refractivity contribution is -0.133. The summed E-state index contributed by atoms with van der Waals surface area (Å²) in [5, 5.41) is 1.71. The summed E-state index contributed by atoms with van der Waals surface area (Å²) in [6.07, 6.45) is 4.69. The van der Waals surface area contributed by atoms with Crippen LogP contribution < -0.4 is 5.84 Å². The lowest BCUT2D eigenvalue weighted by Crippen LogP contribution is -2.46. The number of morpholine rings is 1. The van der Waals surface area contributed by atoms with E-state index in [9.17, 15) is 13.2 Å². The summed E-state index contributed by atoms with van der Waals surface area (Å²) in [4.78, 5) is 15.3. The number of carbonyl (C=O) groups excluding carboxylic acids is 1. The minimum atomic E-state index is -3.53. The lowest BCUT2D eigenvalue weighted by Gasteiger charge is -2.35. The second-order valence-electron chi connectivity index (χ2n) is 8.23. The number of fused-ring (bicyclic) bond motifs is 1. The molecule has 164 valence electrons. The Kier molecular flexibility index (Phi) is 6.71. The van der Waals surface area contributed by atoms with Gasteiger partial charge in [0.05, 0.1) is 29.6 Å². The van der Waals surface area contributed by atoms with Gasteiger partial charge in [-0.1, -0.05) is 53.6 Å². The van der Waals surface area contributed by atoms with Crippen molar-refractivity contribution in [3.05, 3.63) is 35.4 Å². The fourth-order valence-corrected chi connectivity index (χ4v) is 7.51. The number of sulfone groups is 1. The van der Waals surface area contributed by atoms with Crippen LogP contribution in [-0.2, 0) is 19.4 Å². The van der Waals surface area contributed by atoms with Crippen molar-refractivity contribution in [2.24, 2.45) is 11.8 Å². The van der Waals surface area contributed by atoms with Crippen LogP contribution in [-0.4, -0.2) is 66.8 Å². The molecule has 2 aliphatic heterocycles. The predicted octanol–water partition coefficient (Wildman–Crippen LogP) is 2.21. The Morgan fingerprint density at radius 1 is 1.23 bits per heavy atom. The number of alkyl halides is 1. The molecular formula is C21H28IN3O4S. The van der Waals surface area contributed by atoms with E-state index in [0.29, 0.717) is 60.5 Å². The number of nitrogens with two attached hydrogens (primary N) is 1. The zero-order valence-corrected chi connectivity index (χ0v) is 19.9. The third-order valence-corrected chi connectivity index (χ3v) is 9.19. The van der Waals surface area contributed by atoms with E-state index in [1.807, 2.05) is 6.07 Å². The van der Waals surface area contributed by atoms with Crippen LogP contribution in [0.1, 0.15) is 31.2 Å². The quantitative estimate of drug-likeness (QED) is 0.264. The van der Waals surface area contributed by atoms with Gasteiger partial charge in [-0.25, -0.2) is 14.3 Å². The molecule has 30 heavy (non-hydrogen) atoms. The molecule has 0 spiro atoms. The molecule has 0 aromatic heterocycles. The summed E-state index contributed by atoms with van der Waals surface area (Å²) in [5.41, 5.74) is 1.90. The molecule has 0 bridgehead atoms. The molecule has 1 unspecified atom stereocenters. The number of hydrogen-bond acceptors (Lipinski definition) is 6. The number of nitrogens with zero attached hydrogens (tertiary/aromatic N) is 2. The van der Waals surface area contributed by atoms with Crippen LogP contribution in [0.2, 0.25) is 0 Å². The summed E-state index contributed by atoms with van der Waals surface area (Å²) in [5.74, 6) is 6.82. The number of hydrazine groups is 1. The first-order valence-corrected chi connectivity index (χ1v) is 13.4. The van der Waals surface area contributed by atoms with Crippen molar-refractivity contribution in [2.45, 2.75) is 34.5 Å². The van der Waals surface area contributed by atoms with Gasteiger partial charge < -0.3 is 14.6 Å². The van der Waals surface area contributed by atoms with Crippen molar-refractivity contribution in [2.75, 3.05) is 38.6 Å². The van der Waals surface area contributed by atoms with Crippen molar-refractivity contribution in [3.63, 3.8) is 0 Å². The first kappa shape index (κ1) is 22.0. The average Bonchev–Trinajstić information content (AvgIpc) is 3.26. The molecule has 2 fully saturated rings. The second-order valence-corrected chi connectivity index (χ2v) is 11.4. The Morgan fingerprint density at radius 2 is 1.90 bits per heavy atom. The van der Waals surface area contributed by atoms with Crippen LogP contribution in [0.25, 0.3) is 5.70 Å². The van der Waals surface area contributed by atoms with E-state index in [-0.39, 0.29) is 11.7 Å². The predicted molar refractivity (Wildman–Crippen MR) is 123 cm³/mol. The molecule has 1 saturated heterocycles. The molecule has 1 atom stereocenters. The number of carbonyl (C=O) groups is 1. The van der Waals surface area contributed by atoms with E-state index in [4.69, 9.17) is 10.6 Å². The van der Waals surface area contributed by atoms with Gasteiger partial charge in [-0.05, 0) is 30.4 Å². The Hall–Kier alpha value is -1.17. The highest BCUT2D eigenvalue weighted by atomic mass is 127. The Labute approximate surface area is 191 Å². The summed E-state index contributed by atoms with van der Waals surface area (Å²) in [6, 6.07) is 7.00. The molecule has 4 rings (SSSR count). The first-order chi connectivity index (χ1) is 14.4. The average molecular weight is 545 g/mol. The molecule has 0 radical (unpaired) electrons. The zero-order chi connectivity index (χ0) is 21.3. The molecule has 1 aromatic carbocycles. The first-order valence-electron chi connectivity index (χ1n) is 10.5. The highest BCUT2D eigenvalue weighted by Gasteiger charge is 2.38. The summed E-state index contributed by atoms with van der Waals surface area (Å²) in [6.45, 7) is 2.74. The van der Waals surface area contributed by atoms with Crippen LogP contribution in [0.4, 0.5) is 0 Å². The monoisotopic (exact) mass is 545 g/mol. The second kappa shape index (κ2) is 9.13. The van der Waals surface area contributed by atoms with Gasteiger partial charge in [-0.2, -0.15) is 0 Å². The van der Waals surface area contributed by atoms with Gasteiger partial charge >= 0.3 is 0 Å². The van der Waals surface area contributed by atoms with Crippen LogP contribution in [0, 0.1) is 5.92 Å². The van der Waals surface area contributed by atoms with Crippen molar-refractivity contribution in [1.82, 2.24) is 9.91 Å². The molecular weight excluding hydrogens is 517 g/mol. The molecule has 1 aliphatic carbocycles. The number of ether oxygens (including phenoxy) is 1. The number of benzene rings is 1. The zero-order valence-electron chi connectivity index (χ0n) is 16.9. The maximum absolute atomic E-state index is 13.2. The Balaban J connectivity index is 1.74. The summed E-state index contributed by atoms with van der Waals surface area (Å²) >= 11 is 2.08. The Bertz CT molecular complexity index is 937. The van der Waals surface area contributed by atoms with Crippen LogP contribution in [0.15, 0.2) is 34.7 Å². The van der Waals surface area contributed by atoms with Crippen molar-refractivity contribution in [1.29, 1.82) is 0 Å². The third kappa shape index (κ3) is 4.39. The SMILES string of the molecule is NN(CC1CCCC1)C1=C(C(I)C(=O)N2CCOCC2)CS(=O)(=O)c2ccccc21. The van der Waals surface area contributed by atoms with Crippen LogP contribution >= 0.6 is 22.6 Å². The van der Waals surface area contributed by atoms with E-state index in [1.165, 1.54) is 12.8 Å². The minimum Gasteiger partial charge on any atom is -0.378 e. The number of amides is 1. The topological polar surface area (TPSA) is 92.9 Å². The molecule has 7 nitrogen and oxygen atoms in total. The smallest absolute Gasteiger partial charge is 0.239 e. The van der Waals surface area contributed by atoms with E-state index < -0.39 is 13.8 Å². The summed E-state index contributed by atoms with van der Waals surface area (Å²) < 4.78 is 30.9. The molecule has 2 N–H and O–H groups in total. The Morgan fingerprint density at radius 3 is 2.60 bits per heavy atom. The third-order valence-electron chi connectivity index (χ3n) is 6.19. The van der Waals surface area contributed by atoms with E-state index in [1.54, 1.807) is 28.1 Å². The molecule has 1 aromatic rings. The van der Waals surface area contributed by atoms with Crippen LogP contribution in [0.3, 0.4) is 0 Å². The summed E-state index contributed by atoms with van der Waals surface area (Å²) in [7, 11) is -3.53. The fraction of sp³-hybridized carbons (Fsp3) is 0.571. The van der Waals surface area contributed by atoms with Crippen LogP contribution in [0.5, 0.6) is 0 Å². The number of rotatable bonds is 5. The van der Waals surface area contributed by atoms with E-state index >= 15 is 0 Å². The lowest BCUT2D eigenvalue weighted by atomic mass is 10.0. The normalized spacial score (nSPS) is 22.7. The largest absolute Gasteiger partial charge is 0.378 e. The molecule has 9 heteroatoms. The minimum absolute atomic E-state index is 0.0738. The molecule has 1 amide bonds. The number of halogens is 1. The van der Waals surface area contributed by atoms with Gasteiger partial charge in [0, 0.05) is 25.2 Å². The highest BCUT2D eigenvalue weighted by molar-refractivity contribution is 14.1. The molecule has 2 heterocycles. The molecule has 3 aliphatic rings. The number of hydrogen-bond donors (Lipinski definition) is 1. The van der Waals surface area contributed by atoms with Gasteiger partial charge in [0.1, 0.15) is 3.92 Å². The van der Waals surface area contributed by atoms with Gasteiger partial charge in [-0.3, -0.25) is 4.79 Å². The van der Waals surface area contributed by atoms with Gasteiger partial charge in [0.25, 0.3) is 0 Å². The maximum atomic E-state index is 13.2. The fourth-order valence-electron chi connectivity index (χ4n) is 4.65. The van der Waals surface area contributed by atoms with E-state index in [0.717, 1.165) is 12.8 Å². The van der Waals surface area contributed by atoms with Gasteiger partial charge in [0.15, 0.2) is 9.84 Å². The molecule has 1 saturated carbocycles. The van der Waals surface area contributed by atoms with Crippen molar-refractivity contribution in [3.8, 4) is 0 Å². The van der Waals surface area contributed by atoms with Crippen molar-refractivity contribution >= 4 is 44.0 Å². The van der Waals surface area contributed by atoms with E-state index in [2.05, 4.69) is 22.6 Å². The highest BCUT2D eigenvalue weighted by Crippen LogP contribution is 2.39. The van der Waals surface area contributed by atoms with Gasteiger partial charge in [0.2, 0.25) is 5.91 Å². The maximum Gasteiger partial charge on any atom is 0.239 e. The van der Waals surface area contributed by atoms with Gasteiger partial charge in [-0.15, -0.1) is 0 Å². The standard InChI is InChI=1S/C21H28IN3O4S/c22-19(21(26)24-9-11-29-12-10-24)17-14-30(27,28)18-8-4-3-7-16(18)20(17)25(23)13-15-5-1-2-6-15/h3-4,7-8,15,19H,1-2,5-6,9-14,23H2.